The lowest BCUT2D eigenvalue weighted by molar-refractivity contribution is 0.263. The van der Waals surface area contributed by atoms with Crippen LogP contribution in [0.4, 0.5) is 0 Å². The predicted molar refractivity (Wildman–Crippen MR) is 91.0 cm³/mol. The van der Waals surface area contributed by atoms with Gasteiger partial charge in [0.1, 0.15) is 5.75 Å². The van der Waals surface area contributed by atoms with Gasteiger partial charge in [-0.05, 0) is 41.3 Å². The Morgan fingerprint density at radius 2 is 2.00 bits per heavy atom. The zero-order valence-electron chi connectivity index (χ0n) is 11.5. The first-order valence-corrected chi connectivity index (χ1v) is 8.57. The highest BCUT2D eigenvalue weighted by molar-refractivity contribution is 9.10. The summed E-state index contributed by atoms with van der Waals surface area (Å²) in [7, 11) is 0. The zero-order chi connectivity index (χ0) is 14.8. The molecule has 0 aliphatic carbocycles. The van der Waals surface area contributed by atoms with Gasteiger partial charge in [-0.25, -0.2) is 0 Å². The van der Waals surface area contributed by atoms with Gasteiger partial charge in [-0.1, -0.05) is 50.1 Å². The smallest absolute Gasteiger partial charge is 0.125 e. The van der Waals surface area contributed by atoms with E-state index in [1.54, 1.807) is 0 Å². The highest BCUT2D eigenvalue weighted by Gasteiger charge is 2.21. The van der Waals surface area contributed by atoms with Crippen molar-refractivity contribution < 1.29 is 9.84 Å². The standard InChI is InChI=1S/C17H16Br2O2/c18-14-8-11-5-6-21-17(11)12(9-14)7-13(10-20)15-3-1-2-4-16(15)19/h1-4,8-9,13,20H,5-7,10H2. The molecule has 0 aromatic heterocycles. The van der Waals surface area contributed by atoms with Gasteiger partial charge in [-0.3, -0.25) is 0 Å². The molecule has 21 heavy (non-hydrogen) atoms. The molecule has 4 heteroatoms. The highest BCUT2D eigenvalue weighted by Crippen LogP contribution is 2.36. The largest absolute Gasteiger partial charge is 0.493 e. The van der Waals surface area contributed by atoms with E-state index in [0.29, 0.717) is 0 Å². The van der Waals surface area contributed by atoms with Crippen molar-refractivity contribution in [3.63, 3.8) is 0 Å². The van der Waals surface area contributed by atoms with E-state index in [2.05, 4.69) is 50.1 Å². The molecule has 0 spiro atoms. The van der Waals surface area contributed by atoms with Crippen molar-refractivity contribution in [3.8, 4) is 5.75 Å². The molecule has 1 unspecified atom stereocenters. The van der Waals surface area contributed by atoms with Crippen LogP contribution in [0.3, 0.4) is 0 Å². The van der Waals surface area contributed by atoms with Gasteiger partial charge < -0.3 is 9.84 Å². The van der Waals surface area contributed by atoms with Crippen molar-refractivity contribution in [2.45, 2.75) is 18.8 Å². The summed E-state index contributed by atoms with van der Waals surface area (Å²) in [4.78, 5) is 0. The van der Waals surface area contributed by atoms with Gasteiger partial charge in [0.25, 0.3) is 0 Å². The van der Waals surface area contributed by atoms with E-state index in [9.17, 15) is 5.11 Å². The second-order valence-electron chi connectivity index (χ2n) is 5.26. The number of rotatable bonds is 4. The molecule has 0 fully saturated rings. The first kappa shape index (κ1) is 15.1. The SMILES string of the molecule is OCC(Cc1cc(Br)cc2c1OCC2)c1ccccc1Br. The van der Waals surface area contributed by atoms with Crippen LogP contribution in [0.2, 0.25) is 0 Å². The average Bonchev–Trinajstić information content (AvgIpc) is 2.93. The lowest BCUT2D eigenvalue weighted by atomic mass is 9.91. The Bertz CT molecular complexity index is 655. The minimum absolute atomic E-state index is 0.0585. The molecule has 3 rings (SSSR count). The molecule has 0 saturated heterocycles. The molecule has 0 saturated carbocycles. The summed E-state index contributed by atoms with van der Waals surface area (Å²) in [6.45, 7) is 0.863. The number of benzene rings is 2. The highest BCUT2D eigenvalue weighted by atomic mass is 79.9. The summed E-state index contributed by atoms with van der Waals surface area (Å²) in [5, 5.41) is 9.81. The molecule has 110 valence electrons. The van der Waals surface area contributed by atoms with Crippen LogP contribution in [0.5, 0.6) is 5.75 Å². The fraction of sp³-hybridized carbons (Fsp3) is 0.294. The summed E-state index contributed by atoms with van der Waals surface area (Å²) < 4.78 is 7.90. The number of hydrogen-bond acceptors (Lipinski definition) is 2. The molecule has 1 N–H and O–H groups in total. The Hall–Kier alpha value is -0.840. The number of aliphatic hydroxyl groups excluding tert-OH is 1. The third kappa shape index (κ3) is 3.17. The van der Waals surface area contributed by atoms with E-state index < -0.39 is 0 Å². The predicted octanol–water partition coefficient (Wildman–Crippen LogP) is 4.47. The molecular weight excluding hydrogens is 396 g/mol. The molecule has 0 bridgehead atoms. The molecule has 2 aromatic carbocycles. The minimum Gasteiger partial charge on any atom is -0.493 e. The topological polar surface area (TPSA) is 29.5 Å². The van der Waals surface area contributed by atoms with Crippen molar-refractivity contribution in [3.05, 3.63) is 62.0 Å². The van der Waals surface area contributed by atoms with Gasteiger partial charge in [0, 0.05) is 21.3 Å². The quantitative estimate of drug-likeness (QED) is 0.804. The molecule has 2 nitrogen and oxygen atoms in total. The average molecular weight is 412 g/mol. The summed E-state index contributed by atoms with van der Waals surface area (Å²) in [6.07, 6.45) is 1.72. The van der Waals surface area contributed by atoms with E-state index in [0.717, 1.165) is 45.3 Å². The third-order valence-corrected chi connectivity index (χ3v) is 5.04. The Kier molecular flexibility index (Phi) is 4.67. The fourth-order valence-electron chi connectivity index (χ4n) is 2.84. The summed E-state index contributed by atoms with van der Waals surface area (Å²) >= 11 is 7.15. The maximum atomic E-state index is 9.81. The van der Waals surface area contributed by atoms with Gasteiger partial charge in [-0.2, -0.15) is 0 Å². The van der Waals surface area contributed by atoms with Crippen LogP contribution in [0.1, 0.15) is 22.6 Å². The number of fused-ring (bicyclic) bond motifs is 1. The molecular formula is C17H16Br2O2. The first-order chi connectivity index (χ1) is 10.2. The summed E-state index contributed by atoms with van der Waals surface area (Å²) in [6, 6.07) is 12.3. The second-order valence-corrected chi connectivity index (χ2v) is 7.03. The van der Waals surface area contributed by atoms with E-state index in [1.165, 1.54) is 5.56 Å². The van der Waals surface area contributed by atoms with Gasteiger partial charge in [0.15, 0.2) is 0 Å². The van der Waals surface area contributed by atoms with E-state index in [4.69, 9.17) is 4.74 Å². The molecule has 0 radical (unpaired) electrons. The normalized spacial score (nSPS) is 14.6. The van der Waals surface area contributed by atoms with Crippen molar-refractivity contribution in [1.82, 2.24) is 0 Å². The Morgan fingerprint density at radius 1 is 1.19 bits per heavy atom. The first-order valence-electron chi connectivity index (χ1n) is 6.98. The molecule has 0 amide bonds. The number of hydrogen-bond donors (Lipinski definition) is 1. The Balaban J connectivity index is 1.94. The maximum Gasteiger partial charge on any atom is 0.125 e. The van der Waals surface area contributed by atoms with Gasteiger partial charge in [0.05, 0.1) is 13.2 Å². The van der Waals surface area contributed by atoms with Crippen LogP contribution in [0, 0.1) is 0 Å². The maximum absolute atomic E-state index is 9.81. The molecule has 1 heterocycles. The van der Waals surface area contributed by atoms with Crippen LogP contribution in [0.15, 0.2) is 45.3 Å². The minimum atomic E-state index is 0.0585. The van der Waals surface area contributed by atoms with Crippen molar-refractivity contribution >= 4 is 31.9 Å². The zero-order valence-corrected chi connectivity index (χ0v) is 14.7. The molecule has 1 aliphatic rings. The summed E-state index contributed by atoms with van der Waals surface area (Å²) in [5.74, 6) is 1.06. The third-order valence-electron chi connectivity index (χ3n) is 3.86. The molecule has 1 aliphatic heterocycles. The summed E-state index contributed by atoms with van der Waals surface area (Å²) in [5.41, 5.74) is 3.54. The molecule has 2 aromatic rings. The van der Waals surface area contributed by atoms with Crippen LogP contribution in [0.25, 0.3) is 0 Å². The number of aliphatic hydroxyl groups is 1. The Labute approximate surface area is 141 Å². The van der Waals surface area contributed by atoms with Crippen molar-refractivity contribution in [2.24, 2.45) is 0 Å². The van der Waals surface area contributed by atoms with Gasteiger partial charge in [0.2, 0.25) is 0 Å². The van der Waals surface area contributed by atoms with Crippen LogP contribution >= 0.6 is 31.9 Å². The van der Waals surface area contributed by atoms with E-state index in [1.807, 2.05) is 18.2 Å². The number of halogens is 2. The van der Waals surface area contributed by atoms with Gasteiger partial charge in [-0.15, -0.1) is 0 Å². The van der Waals surface area contributed by atoms with Crippen molar-refractivity contribution in [1.29, 1.82) is 0 Å². The Morgan fingerprint density at radius 3 is 2.76 bits per heavy atom. The van der Waals surface area contributed by atoms with Crippen LogP contribution in [-0.4, -0.2) is 18.3 Å². The van der Waals surface area contributed by atoms with Gasteiger partial charge >= 0.3 is 0 Å². The number of ether oxygens (including phenoxy) is 1. The van der Waals surface area contributed by atoms with E-state index >= 15 is 0 Å². The second kappa shape index (κ2) is 6.51. The van der Waals surface area contributed by atoms with E-state index in [-0.39, 0.29) is 12.5 Å². The molecule has 1 atom stereocenters. The van der Waals surface area contributed by atoms with Crippen LogP contribution < -0.4 is 4.74 Å². The van der Waals surface area contributed by atoms with Crippen LogP contribution in [-0.2, 0) is 12.8 Å². The lowest BCUT2D eigenvalue weighted by Crippen LogP contribution is -2.09. The van der Waals surface area contributed by atoms with Crippen molar-refractivity contribution in [2.75, 3.05) is 13.2 Å². The fourth-order valence-corrected chi connectivity index (χ4v) is 4.00. The monoisotopic (exact) mass is 410 g/mol. The lowest BCUT2D eigenvalue weighted by Gasteiger charge is -2.18.